The number of rotatable bonds is 29. The number of alkyl halides is 18. The Bertz CT molecular complexity index is 4210. The van der Waals surface area contributed by atoms with E-state index in [1.54, 1.807) is 117 Å². The van der Waals surface area contributed by atoms with Crippen LogP contribution >= 0.6 is 0 Å². The largest absolute Gasteiger partial charge is 0.465 e. The van der Waals surface area contributed by atoms with Crippen LogP contribution in [0.25, 0.3) is 0 Å². The highest BCUT2D eigenvalue weighted by molar-refractivity contribution is 5.73. The fourth-order valence-electron chi connectivity index (χ4n) is 14.7. The first-order valence-electron chi connectivity index (χ1n) is 37.6. The lowest BCUT2D eigenvalue weighted by molar-refractivity contribution is -0.580. The second-order valence-corrected chi connectivity index (χ2v) is 29.3. The number of aliphatic hydroxyl groups excluding tert-OH is 2. The summed E-state index contributed by atoms with van der Waals surface area (Å²) in [5.41, 5.74) is -15.6. The molecule has 6 aromatic rings. The van der Waals surface area contributed by atoms with Gasteiger partial charge < -0.3 is 38.6 Å². The Morgan fingerprint density at radius 3 is 0.856 bits per heavy atom. The molecule has 0 radical (unpaired) electrons. The van der Waals surface area contributed by atoms with Crippen LogP contribution in [0, 0.1) is 30.3 Å². The molecule has 125 heavy (non-hydrogen) atoms. The molecule has 698 valence electrons. The lowest BCUT2D eigenvalue weighted by atomic mass is 9.75. The van der Waals surface area contributed by atoms with Gasteiger partial charge >= 0.3 is 55.0 Å². The van der Waals surface area contributed by atoms with Crippen molar-refractivity contribution < 1.29 is 147 Å². The molecule has 3 saturated heterocycles. The van der Waals surface area contributed by atoms with Crippen LogP contribution in [0.2, 0.25) is 0 Å². The van der Waals surface area contributed by atoms with Crippen LogP contribution in [0.1, 0.15) is 195 Å². The van der Waals surface area contributed by atoms with Gasteiger partial charge in [-0.1, -0.05) is 121 Å². The number of nitro groups is 3. The molecule has 3 fully saturated rings. The number of ether oxygens (including phenoxy) is 6. The second-order valence-electron chi connectivity index (χ2n) is 29.3. The van der Waals surface area contributed by atoms with E-state index in [-0.39, 0.29) is 156 Å². The van der Waals surface area contributed by atoms with Crippen LogP contribution in [0.15, 0.2) is 146 Å². The lowest BCUT2D eigenvalue weighted by Gasteiger charge is -2.50. The molecule has 3 aliphatic heterocycles. The zero-order valence-corrected chi connectivity index (χ0v) is 65.8. The van der Waals surface area contributed by atoms with Crippen molar-refractivity contribution in [2.75, 3.05) is 92.1 Å². The molecule has 0 bridgehead atoms. The zero-order valence-electron chi connectivity index (χ0n) is 65.8. The summed E-state index contributed by atoms with van der Waals surface area (Å²) in [7, 11) is 0. The average molecular weight is 1810 g/mol. The third-order valence-electron chi connectivity index (χ3n) is 21.5. The molecule has 0 aromatic heterocycles. The molecule has 6 aromatic carbocycles. The Balaban J connectivity index is 0.000000476. The molecule has 0 amide bonds. The van der Waals surface area contributed by atoms with Crippen LogP contribution in [0.4, 0.5) is 79.0 Å². The number of aliphatic hydroxyl groups is 2. The number of nitrogens with zero attached hydrogens (tertiary/aromatic N) is 6. The fourth-order valence-corrected chi connectivity index (χ4v) is 14.7. The van der Waals surface area contributed by atoms with Crippen molar-refractivity contribution in [3.63, 3.8) is 0 Å². The maximum absolute atomic E-state index is 13.4. The molecule has 0 saturated carbocycles. The smallest absolute Gasteiger partial charge is 0.416 e. The van der Waals surface area contributed by atoms with Gasteiger partial charge in [0.2, 0.25) is 6.04 Å². The van der Waals surface area contributed by atoms with Gasteiger partial charge in [-0.05, 0) is 149 Å². The Hall–Kier alpha value is -9.65. The third kappa shape index (κ3) is 27.4. The van der Waals surface area contributed by atoms with Crippen molar-refractivity contribution in [1.29, 1.82) is 0 Å². The van der Waals surface area contributed by atoms with E-state index in [1.807, 2.05) is 0 Å². The summed E-state index contributed by atoms with van der Waals surface area (Å²) in [6, 6.07) is 28.1. The molecular weight excluding hydrogens is 1710 g/mol. The van der Waals surface area contributed by atoms with E-state index in [0.717, 1.165) is 0 Å². The minimum absolute atomic E-state index is 0. The normalized spacial score (nSPS) is 21.6. The number of carbonyl (C=O) groups is 3. The fraction of sp³-hybridized carbons (Fsp3) is 0.536. The van der Waals surface area contributed by atoms with E-state index in [9.17, 15) is 134 Å². The van der Waals surface area contributed by atoms with Crippen molar-refractivity contribution in [1.82, 2.24) is 14.7 Å². The lowest BCUT2D eigenvalue weighted by Crippen LogP contribution is -2.64. The molecule has 0 spiro atoms. The van der Waals surface area contributed by atoms with E-state index in [0.29, 0.717) is 53.1 Å². The number of piperidine rings is 3. The van der Waals surface area contributed by atoms with Gasteiger partial charge in [0, 0.05) is 34.0 Å². The summed E-state index contributed by atoms with van der Waals surface area (Å²) in [6.45, 7) is 4.01. The maximum atomic E-state index is 13.4. The Morgan fingerprint density at radius 1 is 0.400 bits per heavy atom. The number of hydrogen-bond acceptors (Lipinski definition) is 20. The molecular formula is C84H104F18N6O17. The summed E-state index contributed by atoms with van der Waals surface area (Å²) < 4.78 is 274. The average Bonchev–Trinajstić information content (AvgIpc) is 0.751. The maximum Gasteiger partial charge on any atom is 0.416 e. The van der Waals surface area contributed by atoms with Crippen molar-refractivity contribution >= 4 is 17.9 Å². The summed E-state index contributed by atoms with van der Waals surface area (Å²) in [5.74, 6) is -2.07. The van der Waals surface area contributed by atoms with Gasteiger partial charge in [0.1, 0.15) is 13.2 Å². The number of benzene rings is 6. The first-order chi connectivity index (χ1) is 56.3. The van der Waals surface area contributed by atoms with Gasteiger partial charge in [0.05, 0.1) is 147 Å². The number of halogens is 18. The van der Waals surface area contributed by atoms with E-state index in [2.05, 4.69) is 0 Å². The Kier molecular flexibility index (Phi) is 39.1. The predicted octanol–water partition coefficient (Wildman–Crippen LogP) is 19.3. The highest BCUT2D eigenvalue weighted by Gasteiger charge is 2.59. The zero-order chi connectivity index (χ0) is 90.3. The molecule has 3 aliphatic rings. The standard InChI is InChI=1S/2C27H30F6N2O6.C26H28F6N2O5.4CH4/c2*1-3-40-23(37)14-34-15-24(16-36,35(38)39)9-10-25(34,20-7-5-4-6-8-20)17-41-18(2)19-11-21(26(28,29)30)13-22(12-19)27(31,32)33;1-3-38-23(35)15-33-14-22(34(36)37)9-10-24(33,19-7-5-4-6-8-19)16-39-17(2)18-11-20(25(27,28)29)13-21(12-18)26(30,31)32;;;;/h2*4-8,11-13,18,36H,3,9-10,14-17H2,1-2H3;4-8,11-13,17,22H,3,9-10,14-16H2,1-2H3;4*1H4/t18-,24+,25-;18-,24-,25-;17-,22+,24-;;;;/m111..../s1. The van der Waals surface area contributed by atoms with Gasteiger partial charge in [0.15, 0.2) is 0 Å². The molecule has 9 rings (SSSR count). The molecule has 41 heteroatoms. The van der Waals surface area contributed by atoms with Crippen molar-refractivity contribution in [2.45, 2.75) is 199 Å². The van der Waals surface area contributed by atoms with Gasteiger partial charge in [-0.15, -0.1) is 0 Å². The summed E-state index contributed by atoms with van der Waals surface area (Å²) >= 11 is 0. The van der Waals surface area contributed by atoms with Crippen LogP contribution in [0.5, 0.6) is 0 Å². The number of esters is 3. The summed E-state index contributed by atoms with van der Waals surface area (Å²) in [6.07, 6.45) is -34.1. The Labute approximate surface area is 710 Å². The molecule has 0 aliphatic carbocycles. The number of likely N-dealkylation sites (tertiary alicyclic amines) is 3. The third-order valence-corrected chi connectivity index (χ3v) is 21.5. The molecule has 0 unspecified atom stereocenters. The second kappa shape index (κ2) is 44.7. The first kappa shape index (κ1) is 110. The van der Waals surface area contributed by atoms with Crippen LogP contribution in [-0.4, -0.2) is 167 Å². The van der Waals surface area contributed by atoms with Gasteiger partial charge in [-0.2, -0.15) is 79.0 Å². The molecule has 9 atom stereocenters. The number of carbonyl (C=O) groups excluding carboxylic acids is 3. The Morgan fingerprint density at radius 2 is 0.640 bits per heavy atom. The SMILES string of the molecule is C.C.C.C.CCOC(=O)CN1C[C@@H]([N+](=O)[O-])CC[C@@]1(CO[C@H](C)c1cc(C(F)(F)F)cc(C(F)(F)F)c1)c1ccccc1.CCOC(=O)CN1C[C@@](CO)([N+](=O)[O-])CC[C@@]1(CO[C@H](C)c1cc(C(F)(F)F)cc(C(F)(F)F)c1)c1ccccc1.CCOC(=O)CN1C[C@](CO)([N+](=O)[O-])CC[C@@]1(CO[C@H](C)c1cc(C(F)(F)F)cc(C(F)(F)F)c1)c1ccccc1. The topological polar surface area (TPSA) is 286 Å². The predicted molar refractivity (Wildman–Crippen MR) is 420 cm³/mol. The van der Waals surface area contributed by atoms with E-state index < -0.39 is 195 Å². The summed E-state index contributed by atoms with van der Waals surface area (Å²) in [4.78, 5) is 75.9. The van der Waals surface area contributed by atoms with Crippen molar-refractivity contribution in [3.8, 4) is 0 Å². The van der Waals surface area contributed by atoms with Gasteiger partial charge in [-0.3, -0.25) is 59.4 Å². The van der Waals surface area contributed by atoms with E-state index in [4.69, 9.17) is 28.4 Å². The van der Waals surface area contributed by atoms with Crippen LogP contribution < -0.4 is 0 Å². The molecule has 3 heterocycles. The minimum Gasteiger partial charge on any atom is -0.465 e. The highest BCUT2D eigenvalue weighted by Crippen LogP contribution is 2.49. The minimum atomic E-state index is -5.04. The van der Waals surface area contributed by atoms with Crippen molar-refractivity contribution in [3.05, 3.63) is 243 Å². The van der Waals surface area contributed by atoms with Crippen LogP contribution in [0.3, 0.4) is 0 Å². The summed E-state index contributed by atoms with van der Waals surface area (Å²) in [5, 5.41) is 55.5. The molecule has 2 N–H and O–H groups in total. The number of hydrogen-bond donors (Lipinski definition) is 2. The monoisotopic (exact) mass is 1810 g/mol. The van der Waals surface area contributed by atoms with Gasteiger partial charge in [-0.25, -0.2) is 0 Å². The van der Waals surface area contributed by atoms with Crippen molar-refractivity contribution in [2.24, 2.45) is 0 Å². The van der Waals surface area contributed by atoms with Crippen LogP contribution in [-0.2, 0) is 96.5 Å². The highest BCUT2D eigenvalue weighted by atomic mass is 19.4. The van der Waals surface area contributed by atoms with E-state index in [1.165, 1.54) is 30.6 Å². The first-order valence-corrected chi connectivity index (χ1v) is 37.6. The van der Waals surface area contributed by atoms with Gasteiger partial charge in [0.25, 0.3) is 11.1 Å². The molecule has 23 nitrogen and oxygen atoms in total. The quantitative estimate of drug-likeness (QED) is 0.0145. The van der Waals surface area contributed by atoms with E-state index >= 15 is 0 Å².